The third-order valence-electron chi connectivity index (χ3n) is 4.03. The number of rotatable bonds is 3. The first-order chi connectivity index (χ1) is 11.1. The molecule has 1 heterocycles. The fourth-order valence-corrected chi connectivity index (χ4v) is 2.97. The van der Waals surface area contributed by atoms with Crippen molar-refractivity contribution in [2.24, 2.45) is 0 Å². The number of nitro benzene ring substituents is 1. The lowest BCUT2D eigenvalue weighted by atomic mass is 10.2. The van der Waals surface area contributed by atoms with Crippen molar-refractivity contribution in [3.05, 3.63) is 57.6 Å². The third-order valence-corrected chi connectivity index (χ3v) is 4.36. The number of halogens is 1. The lowest BCUT2D eigenvalue weighted by Gasteiger charge is -2.37. The number of nitro groups is 1. The standard InChI is InChI=1S/C16H17ClN4O2/c17-13-10-16(21(22)23)15(11-14(13)18)20-8-6-19(7-9-20)12-4-2-1-3-5-12/h1-5,10-11H,6-9,18H2. The number of nitrogens with zero attached hydrogens (tertiary/aromatic N) is 3. The largest absolute Gasteiger partial charge is 0.397 e. The van der Waals surface area contributed by atoms with E-state index in [2.05, 4.69) is 17.0 Å². The number of benzene rings is 2. The second-order valence-electron chi connectivity index (χ2n) is 5.43. The molecule has 1 aliphatic rings. The molecule has 6 nitrogen and oxygen atoms in total. The molecule has 1 saturated heterocycles. The summed E-state index contributed by atoms with van der Waals surface area (Å²) in [6.07, 6.45) is 0. The van der Waals surface area contributed by atoms with Crippen LogP contribution < -0.4 is 15.5 Å². The molecule has 0 aromatic heterocycles. The summed E-state index contributed by atoms with van der Waals surface area (Å²) in [6.45, 7) is 2.97. The fourth-order valence-electron chi connectivity index (χ4n) is 2.81. The van der Waals surface area contributed by atoms with Gasteiger partial charge < -0.3 is 15.5 Å². The molecular formula is C16H17ClN4O2. The quantitative estimate of drug-likeness (QED) is 0.531. The zero-order chi connectivity index (χ0) is 16.4. The van der Waals surface area contributed by atoms with Gasteiger partial charge in [-0.1, -0.05) is 29.8 Å². The van der Waals surface area contributed by atoms with E-state index in [1.807, 2.05) is 23.1 Å². The highest BCUT2D eigenvalue weighted by atomic mass is 35.5. The molecular weight excluding hydrogens is 316 g/mol. The first-order valence-corrected chi connectivity index (χ1v) is 7.72. The second kappa shape index (κ2) is 6.34. The van der Waals surface area contributed by atoms with Crippen molar-refractivity contribution in [2.45, 2.75) is 0 Å². The van der Waals surface area contributed by atoms with Gasteiger partial charge in [0, 0.05) is 37.9 Å². The number of nitrogens with two attached hydrogens (primary N) is 1. The van der Waals surface area contributed by atoms with Gasteiger partial charge >= 0.3 is 0 Å². The van der Waals surface area contributed by atoms with Crippen LogP contribution in [0.1, 0.15) is 0 Å². The average Bonchev–Trinajstić information content (AvgIpc) is 2.58. The Morgan fingerprint density at radius 2 is 1.65 bits per heavy atom. The summed E-state index contributed by atoms with van der Waals surface area (Å²) in [4.78, 5) is 15.1. The van der Waals surface area contributed by atoms with Crippen LogP contribution in [-0.4, -0.2) is 31.1 Å². The smallest absolute Gasteiger partial charge is 0.294 e. The molecule has 0 spiro atoms. The molecule has 1 fully saturated rings. The van der Waals surface area contributed by atoms with Gasteiger partial charge in [-0.15, -0.1) is 0 Å². The van der Waals surface area contributed by atoms with Gasteiger partial charge in [-0.3, -0.25) is 10.1 Å². The van der Waals surface area contributed by atoms with Gasteiger partial charge in [-0.05, 0) is 18.2 Å². The first kappa shape index (κ1) is 15.4. The second-order valence-corrected chi connectivity index (χ2v) is 5.84. The highest BCUT2D eigenvalue weighted by molar-refractivity contribution is 6.33. The zero-order valence-electron chi connectivity index (χ0n) is 12.5. The van der Waals surface area contributed by atoms with Crippen LogP contribution in [0, 0.1) is 10.1 Å². The van der Waals surface area contributed by atoms with Gasteiger partial charge in [0.25, 0.3) is 5.69 Å². The minimum absolute atomic E-state index is 0.00244. The Labute approximate surface area is 139 Å². The van der Waals surface area contributed by atoms with Crippen molar-refractivity contribution in [1.29, 1.82) is 0 Å². The number of anilines is 3. The van der Waals surface area contributed by atoms with E-state index in [1.54, 1.807) is 6.07 Å². The SMILES string of the molecule is Nc1cc(N2CCN(c3ccccc3)CC2)c([N+](=O)[O-])cc1Cl. The van der Waals surface area contributed by atoms with E-state index in [-0.39, 0.29) is 10.7 Å². The Balaban J connectivity index is 1.80. The number of hydrogen-bond acceptors (Lipinski definition) is 5. The van der Waals surface area contributed by atoms with Gasteiger partial charge in [-0.2, -0.15) is 0 Å². The van der Waals surface area contributed by atoms with E-state index in [1.165, 1.54) is 6.07 Å². The molecule has 1 aliphatic heterocycles. The third kappa shape index (κ3) is 3.17. The van der Waals surface area contributed by atoms with E-state index in [0.717, 1.165) is 18.8 Å². The Morgan fingerprint density at radius 1 is 1.04 bits per heavy atom. The van der Waals surface area contributed by atoms with Crippen molar-refractivity contribution in [3.8, 4) is 0 Å². The van der Waals surface area contributed by atoms with Crippen molar-refractivity contribution >= 4 is 34.4 Å². The van der Waals surface area contributed by atoms with Gasteiger partial charge in [0.2, 0.25) is 0 Å². The number of piperazine rings is 1. The first-order valence-electron chi connectivity index (χ1n) is 7.34. The minimum Gasteiger partial charge on any atom is -0.397 e. The van der Waals surface area contributed by atoms with E-state index < -0.39 is 4.92 Å². The molecule has 0 bridgehead atoms. The van der Waals surface area contributed by atoms with E-state index in [4.69, 9.17) is 17.3 Å². The normalized spacial score (nSPS) is 14.8. The van der Waals surface area contributed by atoms with Crippen molar-refractivity contribution in [3.63, 3.8) is 0 Å². The molecule has 2 aromatic rings. The van der Waals surface area contributed by atoms with Gasteiger partial charge in [0.05, 0.1) is 15.6 Å². The van der Waals surface area contributed by atoms with Crippen molar-refractivity contribution in [2.75, 3.05) is 41.7 Å². The Morgan fingerprint density at radius 3 is 2.26 bits per heavy atom. The molecule has 23 heavy (non-hydrogen) atoms. The maximum Gasteiger partial charge on any atom is 0.294 e. The van der Waals surface area contributed by atoms with Gasteiger partial charge in [0.1, 0.15) is 5.69 Å². The number of nitrogen functional groups attached to an aromatic ring is 1. The molecule has 3 rings (SSSR count). The Hall–Kier alpha value is -2.47. The van der Waals surface area contributed by atoms with E-state index in [0.29, 0.717) is 24.5 Å². The molecule has 2 aromatic carbocycles. The summed E-state index contributed by atoms with van der Waals surface area (Å²) in [6, 6.07) is 13.1. The maximum absolute atomic E-state index is 11.3. The van der Waals surface area contributed by atoms with Crippen LogP contribution in [0.4, 0.5) is 22.7 Å². The molecule has 0 unspecified atom stereocenters. The fraction of sp³-hybridized carbons (Fsp3) is 0.250. The van der Waals surface area contributed by atoms with Crippen LogP contribution in [0.2, 0.25) is 5.02 Å². The molecule has 0 atom stereocenters. The highest BCUT2D eigenvalue weighted by Gasteiger charge is 2.25. The topological polar surface area (TPSA) is 75.6 Å². The van der Waals surface area contributed by atoms with Crippen LogP contribution >= 0.6 is 11.6 Å². The van der Waals surface area contributed by atoms with E-state index in [9.17, 15) is 10.1 Å². The monoisotopic (exact) mass is 332 g/mol. The van der Waals surface area contributed by atoms with Crippen LogP contribution in [0.15, 0.2) is 42.5 Å². The predicted octanol–water partition coefficient (Wildman–Crippen LogP) is 3.16. The predicted molar refractivity (Wildman–Crippen MR) is 93.4 cm³/mol. The zero-order valence-corrected chi connectivity index (χ0v) is 13.2. The number of hydrogen-bond donors (Lipinski definition) is 1. The van der Waals surface area contributed by atoms with Crippen LogP contribution in [0.25, 0.3) is 0 Å². The Kier molecular flexibility index (Phi) is 4.25. The summed E-state index contributed by atoms with van der Waals surface area (Å²) in [7, 11) is 0. The Bertz CT molecular complexity index is 716. The number of para-hydroxylation sites is 1. The average molecular weight is 333 g/mol. The van der Waals surface area contributed by atoms with Crippen molar-refractivity contribution < 1.29 is 4.92 Å². The molecule has 0 radical (unpaired) electrons. The van der Waals surface area contributed by atoms with Crippen LogP contribution in [-0.2, 0) is 0 Å². The summed E-state index contributed by atoms with van der Waals surface area (Å²) < 4.78 is 0. The summed E-state index contributed by atoms with van der Waals surface area (Å²) in [5, 5.41) is 11.5. The van der Waals surface area contributed by atoms with Gasteiger partial charge in [-0.25, -0.2) is 0 Å². The van der Waals surface area contributed by atoms with Crippen LogP contribution in [0.3, 0.4) is 0 Å². The maximum atomic E-state index is 11.3. The molecule has 2 N–H and O–H groups in total. The van der Waals surface area contributed by atoms with Crippen LogP contribution in [0.5, 0.6) is 0 Å². The molecule has 0 saturated carbocycles. The van der Waals surface area contributed by atoms with E-state index >= 15 is 0 Å². The molecule has 0 aliphatic carbocycles. The molecule has 7 heteroatoms. The summed E-state index contributed by atoms with van der Waals surface area (Å²) in [5.41, 5.74) is 7.88. The molecule has 0 amide bonds. The lowest BCUT2D eigenvalue weighted by Crippen LogP contribution is -2.46. The highest BCUT2D eigenvalue weighted by Crippen LogP contribution is 2.35. The van der Waals surface area contributed by atoms with Gasteiger partial charge in [0.15, 0.2) is 0 Å². The minimum atomic E-state index is -0.412. The summed E-state index contributed by atoms with van der Waals surface area (Å²) in [5.74, 6) is 0. The summed E-state index contributed by atoms with van der Waals surface area (Å²) >= 11 is 5.92. The molecule has 120 valence electrons. The van der Waals surface area contributed by atoms with Crippen molar-refractivity contribution in [1.82, 2.24) is 0 Å². The lowest BCUT2D eigenvalue weighted by molar-refractivity contribution is -0.384.